The molecule has 1 fully saturated rings. The SMILES string of the molecule is N#Cc1ccc(C(=O)N/N=C\c2ccc(N3CCOCC3)cc2)c(F)c1. The molecule has 132 valence electrons. The van der Waals surface area contributed by atoms with E-state index in [0.29, 0.717) is 0 Å². The third kappa shape index (κ3) is 4.23. The summed E-state index contributed by atoms with van der Waals surface area (Å²) in [7, 11) is 0. The number of ether oxygens (including phenoxy) is 1. The molecule has 2 aromatic rings. The van der Waals surface area contributed by atoms with Gasteiger partial charge in [-0.3, -0.25) is 4.79 Å². The number of amides is 1. The van der Waals surface area contributed by atoms with Crippen molar-refractivity contribution in [3.05, 3.63) is 65.0 Å². The lowest BCUT2D eigenvalue weighted by molar-refractivity contribution is 0.0951. The van der Waals surface area contributed by atoms with Crippen LogP contribution < -0.4 is 10.3 Å². The lowest BCUT2D eigenvalue weighted by atomic mass is 10.1. The maximum Gasteiger partial charge on any atom is 0.274 e. The van der Waals surface area contributed by atoms with E-state index in [-0.39, 0.29) is 11.1 Å². The summed E-state index contributed by atoms with van der Waals surface area (Å²) >= 11 is 0. The largest absolute Gasteiger partial charge is 0.378 e. The van der Waals surface area contributed by atoms with Gasteiger partial charge in [0, 0.05) is 18.8 Å². The van der Waals surface area contributed by atoms with Crippen molar-refractivity contribution < 1.29 is 13.9 Å². The Morgan fingerprint density at radius 3 is 2.62 bits per heavy atom. The molecule has 2 aromatic carbocycles. The molecule has 0 saturated carbocycles. The number of hydrazone groups is 1. The average molecular weight is 352 g/mol. The zero-order chi connectivity index (χ0) is 18.4. The fourth-order valence-electron chi connectivity index (χ4n) is 2.59. The van der Waals surface area contributed by atoms with Gasteiger partial charge in [-0.1, -0.05) is 12.1 Å². The molecule has 26 heavy (non-hydrogen) atoms. The van der Waals surface area contributed by atoms with Crippen LogP contribution in [0.2, 0.25) is 0 Å². The van der Waals surface area contributed by atoms with Crippen LogP contribution in [0.25, 0.3) is 0 Å². The van der Waals surface area contributed by atoms with Crippen LogP contribution in [0.1, 0.15) is 21.5 Å². The monoisotopic (exact) mass is 352 g/mol. The first-order valence-corrected chi connectivity index (χ1v) is 8.13. The van der Waals surface area contributed by atoms with Crippen LogP contribution in [0, 0.1) is 17.1 Å². The minimum absolute atomic E-state index is 0.155. The molecule has 1 amide bonds. The standard InChI is InChI=1S/C19H17FN4O2/c20-18-11-15(12-21)3-6-17(18)19(25)23-22-13-14-1-4-16(5-2-14)24-7-9-26-10-8-24/h1-6,11,13H,7-10H2,(H,23,25)/b22-13-. The van der Waals surface area contributed by atoms with Gasteiger partial charge < -0.3 is 9.64 Å². The molecule has 1 saturated heterocycles. The zero-order valence-corrected chi connectivity index (χ0v) is 14.0. The molecular weight excluding hydrogens is 335 g/mol. The number of nitrogens with zero attached hydrogens (tertiary/aromatic N) is 3. The van der Waals surface area contributed by atoms with Crippen molar-refractivity contribution in [2.45, 2.75) is 0 Å². The van der Waals surface area contributed by atoms with Crippen LogP contribution in [0.15, 0.2) is 47.6 Å². The molecule has 1 heterocycles. The van der Waals surface area contributed by atoms with Gasteiger partial charge in [0.05, 0.1) is 36.6 Å². The Morgan fingerprint density at radius 2 is 1.96 bits per heavy atom. The topological polar surface area (TPSA) is 77.7 Å². The fourth-order valence-corrected chi connectivity index (χ4v) is 2.59. The first kappa shape index (κ1) is 17.6. The minimum Gasteiger partial charge on any atom is -0.378 e. The molecule has 0 bridgehead atoms. The third-order valence-corrected chi connectivity index (χ3v) is 3.99. The summed E-state index contributed by atoms with van der Waals surface area (Å²) in [5, 5.41) is 12.6. The summed E-state index contributed by atoms with van der Waals surface area (Å²) < 4.78 is 19.1. The molecule has 0 unspecified atom stereocenters. The molecule has 0 aliphatic carbocycles. The Labute approximate surface area is 150 Å². The number of hydrogen-bond acceptors (Lipinski definition) is 5. The van der Waals surface area contributed by atoms with E-state index in [1.165, 1.54) is 18.3 Å². The highest BCUT2D eigenvalue weighted by molar-refractivity contribution is 5.95. The normalized spacial score (nSPS) is 14.2. The summed E-state index contributed by atoms with van der Waals surface area (Å²) in [6.07, 6.45) is 1.49. The van der Waals surface area contributed by atoms with Crippen molar-refractivity contribution in [2.24, 2.45) is 5.10 Å². The number of nitriles is 1. The number of rotatable bonds is 4. The Morgan fingerprint density at radius 1 is 1.23 bits per heavy atom. The highest BCUT2D eigenvalue weighted by atomic mass is 19.1. The minimum atomic E-state index is -0.758. The number of morpholine rings is 1. The number of benzene rings is 2. The molecule has 7 heteroatoms. The molecule has 1 aliphatic heterocycles. The first-order chi connectivity index (χ1) is 12.7. The van der Waals surface area contributed by atoms with E-state index in [2.05, 4.69) is 15.4 Å². The number of nitrogens with one attached hydrogen (secondary N) is 1. The van der Waals surface area contributed by atoms with Crippen molar-refractivity contribution in [3.63, 3.8) is 0 Å². The number of carbonyl (C=O) groups is 1. The van der Waals surface area contributed by atoms with Crippen molar-refractivity contribution in [2.75, 3.05) is 31.2 Å². The van der Waals surface area contributed by atoms with Crippen LogP contribution in [-0.4, -0.2) is 38.4 Å². The molecule has 0 aromatic heterocycles. The summed E-state index contributed by atoms with van der Waals surface area (Å²) in [6, 6.07) is 13.2. The number of hydrogen-bond donors (Lipinski definition) is 1. The smallest absolute Gasteiger partial charge is 0.274 e. The van der Waals surface area contributed by atoms with E-state index >= 15 is 0 Å². The Bertz CT molecular complexity index is 853. The second-order valence-electron chi connectivity index (χ2n) is 5.70. The number of halogens is 1. The number of carbonyl (C=O) groups excluding carboxylic acids is 1. The lowest BCUT2D eigenvalue weighted by Gasteiger charge is -2.28. The van der Waals surface area contributed by atoms with Gasteiger partial charge in [0.15, 0.2) is 0 Å². The van der Waals surface area contributed by atoms with Crippen molar-refractivity contribution in [1.29, 1.82) is 5.26 Å². The number of anilines is 1. The third-order valence-electron chi connectivity index (χ3n) is 3.99. The highest BCUT2D eigenvalue weighted by Gasteiger charge is 2.12. The lowest BCUT2D eigenvalue weighted by Crippen LogP contribution is -2.36. The molecule has 0 spiro atoms. The van der Waals surface area contributed by atoms with Crippen molar-refractivity contribution in [1.82, 2.24) is 5.43 Å². The molecule has 0 radical (unpaired) electrons. The van der Waals surface area contributed by atoms with Crippen LogP contribution in [-0.2, 0) is 4.74 Å². The molecule has 6 nitrogen and oxygen atoms in total. The quantitative estimate of drug-likeness (QED) is 0.677. The van der Waals surface area contributed by atoms with Crippen LogP contribution in [0.4, 0.5) is 10.1 Å². The van der Waals surface area contributed by atoms with Gasteiger partial charge >= 0.3 is 0 Å². The molecule has 0 atom stereocenters. The predicted molar refractivity (Wildman–Crippen MR) is 95.6 cm³/mol. The van der Waals surface area contributed by atoms with E-state index in [4.69, 9.17) is 10.00 Å². The fraction of sp³-hybridized carbons (Fsp3) is 0.211. The summed E-state index contributed by atoms with van der Waals surface area (Å²) in [4.78, 5) is 14.2. The second-order valence-corrected chi connectivity index (χ2v) is 5.70. The zero-order valence-electron chi connectivity index (χ0n) is 14.0. The van der Waals surface area contributed by atoms with Crippen molar-refractivity contribution in [3.8, 4) is 6.07 Å². The van der Waals surface area contributed by atoms with Gasteiger partial charge in [0.1, 0.15) is 5.82 Å². The maximum atomic E-state index is 13.8. The van der Waals surface area contributed by atoms with Crippen molar-refractivity contribution >= 4 is 17.8 Å². The van der Waals surface area contributed by atoms with E-state index in [9.17, 15) is 9.18 Å². The molecule has 1 N–H and O–H groups in total. The Hall–Kier alpha value is -3.24. The maximum absolute atomic E-state index is 13.8. The Kier molecular flexibility index (Phi) is 5.56. The van der Waals surface area contributed by atoms with Gasteiger partial charge in [-0.25, -0.2) is 9.82 Å². The molecular formula is C19H17FN4O2. The summed E-state index contributed by atoms with van der Waals surface area (Å²) in [5.41, 5.74) is 4.19. The van der Waals surface area contributed by atoms with E-state index in [1.807, 2.05) is 30.3 Å². The van der Waals surface area contributed by atoms with Gasteiger partial charge in [-0.2, -0.15) is 10.4 Å². The van der Waals surface area contributed by atoms with E-state index in [0.717, 1.165) is 43.6 Å². The summed E-state index contributed by atoms with van der Waals surface area (Å²) in [6.45, 7) is 3.17. The first-order valence-electron chi connectivity index (χ1n) is 8.13. The van der Waals surface area contributed by atoms with Gasteiger partial charge in [0.25, 0.3) is 5.91 Å². The van der Waals surface area contributed by atoms with Gasteiger partial charge in [-0.05, 0) is 35.9 Å². The Balaban J connectivity index is 1.59. The highest BCUT2D eigenvalue weighted by Crippen LogP contribution is 2.16. The second kappa shape index (κ2) is 8.23. The summed E-state index contributed by atoms with van der Waals surface area (Å²) in [5.74, 6) is -1.43. The van der Waals surface area contributed by atoms with E-state index < -0.39 is 11.7 Å². The molecule has 3 rings (SSSR count). The van der Waals surface area contributed by atoms with Gasteiger partial charge in [-0.15, -0.1) is 0 Å². The van der Waals surface area contributed by atoms with Crippen LogP contribution in [0.5, 0.6) is 0 Å². The average Bonchev–Trinajstić information content (AvgIpc) is 2.69. The van der Waals surface area contributed by atoms with Crippen LogP contribution >= 0.6 is 0 Å². The van der Waals surface area contributed by atoms with Crippen LogP contribution in [0.3, 0.4) is 0 Å². The molecule has 1 aliphatic rings. The van der Waals surface area contributed by atoms with E-state index in [1.54, 1.807) is 0 Å². The predicted octanol–water partition coefficient (Wildman–Crippen LogP) is 2.30. The van der Waals surface area contributed by atoms with Gasteiger partial charge in [0.2, 0.25) is 0 Å².